The van der Waals surface area contributed by atoms with E-state index in [-0.39, 0.29) is 17.5 Å². The monoisotopic (exact) mass is 433 g/mol. The maximum Gasteiger partial charge on any atom is 0.263 e. The maximum atomic E-state index is 14.0. The molecule has 0 saturated carbocycles. The second-order valence-electron chi connectivity index (χ2n) is 6.54. The largest absolute Gasteiger partial charge is 0.355 e. The summed E-state index contributed by atoms with van der Waals surface area (Å²) in [6.07, 6.45) is 3.00. The molecule has 27 heavy (non-hydrogen) atoms. The molecule has 140 valence electrons. The maximum absolute atomic E-state index is 14.0. The van der Waals surface area contributed by atoms with E-state index in [0.29, 0.717) is 28.2 Å². The van der Waals surface area contributed by atoms with Crippen molar-refractivity contribution in [1.82, 2.24) is 15.1 Å². The zero-order valence-electron chi connectivity index (χ0n) is 14.6. The van der Waals surface area contributed by atoms with Gasteiger partial charge in [-0.1, -0.05) is 21.1 Å². The molecule has 0 aliphatic carbocycles. The lowest BCUT2D eigenvalue weighted by Crippen LogP contribution is -2.41. The molecule has 3 aromatic rings. The van der Waals surface area contributed by atoms with Crippen LogP contribution in [-0.2, 0) is 4.79 Å². The third-order valence-electron chi connectivity index (χ3n) is 4.70. The number of nitrogens with zero attached hydrogens (tertiary/aromatic N) is 4. The van der Waals surface area contributed by atoms with E-state index in [1.165, 1.54) is 12.4 Å². The SMILES string of the molecule is Cc1noc2ncnc(N3CCC[C@H](C(=O)Nc4ccc(Br)cc4F)C3)c12. The predicted octanol–water partition coefficient (Wildman–Crippen LogP) is 3.68. The quantitative estimate of drug-likeness (QED) is 0.677. The van der Waals surface area contributed by atoms with E-state index in [1.807, 2.05) is 11.8 Å². The zero-order valence-corrected chi connectivity index (χ0v) is 16.2. The summed E-state index contributed by atoms with van der Waals surface area (Å²) in [5.74, 6) is -0.227. The number of aryl methyl sites for hydroxylation is 1. The minimum atomic E-state index is -0.469. The second kappa shape index (κ2) is 7.22. The van der Waals surface area contributed by atoms with E-state index in [9.17, 15) is 9.18 Å². The Kier molecular flexibility index (Phi) is 4.77. The van der Waals surface area contributed by atoms with E-state index >= 15 is 0 Å². The molecule has 1 aromatic carbocycles. The summed E-state index contributed by atoms with van der Waals surface area (Å²) in [5.41, 5.74) is 1.32. The molecule has 1 aliphatic rings. The second-order valence-corrected chi connectivity index (χ2v) is 7.46. The molecule has 1 aliphatic heterocycles. The molecule has 0 bridgehead atoms. The first-order valence-corrected chi connectivity index (χ1v) is 9.40. The Labute approximate surface area is 163 Å². The smallest absolute Gasteiger partial charge is 0.263 e. The number of carbonyl (C=O) groups is 1. The number of anilines is 2. The van der Waals surface area contributed by atoms with Crippen molar-refractivity contribution in [3.05, 3.63) is 40.5 Å². The number of hydrogen-bond acceptors (Lipinski definition) is 6. The van der Waals surface area contributed by atoms with Gasteiger partial charge in [-0.15, -0.1) is 0 Å². The fraction of sp³-hybridized carbons (Fsp3) is 0.333. The predicted molar refractivity (Wildman–Crippen MR) is 102 cm³/mol. The van der Waals surface area contributed by atoms with Gasteiger partial charge in [0.2, 0.25) is 5.91 Å². The van der Waals surface area contributed by atoms with E-state index in [4.69, 9.17) is 4.52 Å². The molecule has 1 atom stereocenters. The number of halogens is 2. The molecule has 1 saturated heterocycles. The highest BCUT2D eigenvalue weighted by atomic mass is 79.9. The molecule has 1 fully saturated rings. The summed E-state index contributed by atoms with van der Waals surface area (Å²) < 4.78 is 19.8. The minimum Gasteiger partial charge on any atom is -0.355 e. The Bertz CT molecular complexity index is 1010. The minimum absolute atomic E-state index is 0.180. The molecule has 0 radical (unpaired) electrons. The van der Waals surface area contributed by atoms with Crippen LogP contribution in [0.5, 0.6) is 0 Å². The first-order valence-electron chi connectivity index (χ1n) is 8.61. The van der Waals surface area contributed by atoms with Gasteiger partial charge in [0.05, 0.1) is 17.3 Å². The average molecular weight is 434 g/mol. The van der Waals surface area contributed by atoms with E-state index in [0.717, 1.165) is 24.8 Å². The Hall–Kier alpha value is -2.55. The van der Waals surface area contributed by atoms with Crippen LogP contribution < -0.4 is 10.2 Å². The number of rotatable bonds is 3. The number of hydrogen-bond donors (Lipinski definition) is 1. The molecule has 7 nitrogen and oxygen atoms in total. The Morgan fingerprint density at radius 2 is 2.26 bits per heavy atom. The Morgan fingerprint density at radius 1 is 1.41 bits per heavy atom. The molecule has 2 aromatic heterocycles. The summed E-state index contributed by atoms with van der Waals surface area (Å²) in [6.45, 7) is 3.09. The highest BCUT2D eigenvalue weighted by molar-refractivity contribution is 9.10. The molecule has 0 unspecified atom stereocenters. The third kappa shape index (κ3) is 3.51. The van der Waals surface area contributed by atoms with Crippen molar-refractivity contribution in [2.75, 3.05) is 23.3 Å². The van der Waals surface area contributed by atoms with E-state index < -0.39 is 5.82 Å². The van der Waals surface area contributed by atoms with Gasteiger partial charge in [0, 0.05) is 17.6 Å². The molecular weight excluding hydrogens is 417 g/mol. The number of nitrogens with one attached hydrogen (secondary N) is 1. The number of amides is 1. The van der Waals surface area contributed by atoms with Crippen LogP contribution in [0.3, 0.4) is 0 Å². The number of piperidine rings is 1. The standard InChI is InChI=1S/C18H17BrFN5O2/c1-10-15-16(21-9-22-18(15)27-24-10)25-6-2-3-11(8-25)17(26)23-14-5-4-12(19)7-13(14)20/h4-5,7,9,11H,2-3,6,8H2,1H3,(H,23,26)/t11-/m0/s1. The fourth-order valence-electron chi connectivity index (χ4n) is 3.35. The molecule has 3 heterocycles. The Balaban J connectivity index is 1.54. The summed E-state index contributed by atoms with van der Waals surface area (Å²) in [4.78, 5) is 23.2. The molecule has 0 spiro atoms. The number of fused-ring (bicyclic) bond motifs is 1. The van der Waals surface area contributed by atoms with Gasteiger partial charge in [0.1, 0.15) is 23.3 Å². The van der Waals surface area contributed by atoms with E-state index in [2.05, 4.69) is 36.4 Å². The Morgan fingerprint density at radius 3 is 3.07 bits per heavy atom. The van der Waals surface area contributed by atoms with Gasteiger partial charge in [-0.25, -0.2) is 9.37 Å². The highest BCUT2D eigenvalue weighted by Crippen LogP contribution is 2.30. The van der Waals surface area contributed by atoms with Crippen LogP contribution in [0, 0.1) is 18.7 Å². The summed E-state index contributed by atoms with van der Waals surface area (Å²) in [6, 6.07) is 4.57. The fourth-order valence-corrected chi connectivity index (χ4v) is 3.69. The van der Waals surface area contributed by atoms with E-state index in [1.54, 1.807) is 12.1 Å². The van der Waals surface area contributed by atoms with Crippen molar-refractivity contribution in [2.24, 2.45) is 5.92 Å². The van der Waals surface area contributed by atoms with Gasteiger partial charge in [-0.3, -0.25) is 4.79 Å². The molecule has 9 heteroatoms. The van der Waals surface area contributed by atoms with Crippen LogP contribution in [0.15, 0.2) is 33.5 Å². The topological polar surface area (TPSA) is 84.2 Å². The van der Waals surface area contributed by atoms with Gasteiger partial charge in [0.25, 0.3) is 5.71 Å². The third-order valence-corrected chi connectivity index (χ3v) is 5.20. The van der Waals surface area contributed by atoms with Gasteiger partial charge in [0.15, 0.2) is 0 Å². The van der Waals surface area contributed by atoms with Crippen molar-refractivity contribution in [3.63, 3.8) is 0 Å². The lowest BCUT2D eigenvalue weighted by Gasteiger charge is -2.33. The van der Waals surface area contributed by atoms with Crippen molar-refractivity contribution < 1.29 is 13.7 Å². The van der Waals surface area contributed by atoms with Crippen LogP contribution in [0.1, 0.15) is 18.5 Å². The van der Waals surface area contributed by atoms with Gasteiger partial charge in [-0.2, -0.15) is 4.98 Å². The first-order chi connectivity index (χ1) is 13.0. The molecular formula is C18H17BrFN5O2. The molecule has 4 rings (SSSR count). The molecule has 1 amide bonds. The van der Waals surface area contributed by atoms with Gasteiger partial charge >= 0.3 is 0 Å². The van der Waals surface area contributed by atoms with Gasteiger partial charge in [-0.05, 0) is 38.0 Å². The van der Waals surface area contributed by atoms with Crippen molar-refractivity contribution in [1.29, 1.82) is 0 Å². The number of carbonyl (C=O) groups excluding carboxylic acids is 1. The van der Waals surface area contributed by atoms with Gasteiger partial charge < -0.3 is 14.7 Å². The summed E-state index contributed by atoms with van der Waals surface area (Å²) in [5, 5.41) is 7.41. The normalized spacial score (nSPS) is 17.3. The summed E-state index contributed by atoms with van der Waals surface area (Å²) >= 11 is 3.21. The molecule has 1 N–H and O–H groups in total. The number of benzene rings is 1. The average Bonchev–Trinajstić information content (AvgIpc) is 3.05. The van der Waals surface area contributed by atoms with Crippen molar-refractivity contribution in [2.45, 2.75) is 19.8 Å². The number of aromatic nitrogens is 3. The highest BCUT2D eigenvalue weighted by Gasteiger charge is 2.29. The first kappa shape index (κ1) is 17.8. The lowest BCUT2D eigenvalue weighted by molar-refractivity contribution is -0.120. The zero-order chi connectivity index (χ0) is 19.0. The van der Waals surface area contributed by atoms with Crippen LogP contribution in [-0.4, -0.2) is 34.1 Å². The van der Waals surface area contributed by atoms with Crippen LogP contribution in [0.4, 0.5) is 15.9 Å². The van der Waals surface area contributed by atoms with Crippen molar-refractivity contribution in [3.8, 4) is 0 Å². The van der Waals surface area contributed by atoms with Crippen LogP contribution in [0.2, 0.25) is 0 Å². The van der Waals surface area contributed by atoms with Crippen LogP contribution in [0.25, 0.3) is 11.1 Å². The summed E-state index contributed by atoms with van der Waals surface area (Å²) in [7, 11) is 0. The van der Waals surface area contributed by atoms with Crippen LogP contribution >= 0.6 is 15.9 Å². The lowest BCUT2D eigenvalue weighted by atomic mass is 9.96. The van der Waals surface area contributed by atoms with Crippen molar-refractivity contribution >= 4 is 44.4 Å².